The van der Waals surface area contributed by atoms with Crippen LogP contribution in [0.4, 0.5) is 0 Å². The first-order valence-electron chi connectivity index (χ1n) is 6.93. The fraction of sp³-hybridized carbons (Fsp3) is 0.538. The van der Waals surface area contributed by atoms with Gasteiger partial charge in [-0.05, 0) is 19.3 Å². The molecule has 0 atom stereocenters. The van der Waals surface area contributed by atoms with Gasteiger partial charge < -0.3 is 5.11 Å². The van der Waals surface area contributed by atoms with Crippen LogP contribution in [0, 0.1) is 0 Å². The van der Waals surface area contributed by atoms with E-state index < -0.39 is 5.97 Å². The third kappa shape index (κ3) is 2.80. The number of thioether (sulfide) groups is 1. The standard InChI is InChI=1S/C13H17N5O2S/c1-3-9-10(6-17(2)16-9)18-12(8-4-5-8)14-15-13(18)21-7-11(19)20/h6,8H,3-5,7H2,1-2H3,(H,19,20). The van der Waals surface area contributed by atoms with Crippen molar-refractivity contribution in [3.8, 4) is 5.69 Å². The Bertz CT molecular complexity index is 674. The van der Waals surface area contributed by atoms with Crippen LogP contribution in [0.25, 0.3) is 5.69 Å². The largest absolute Gasteiger partial charge is 0.481 e. The molecule has 2 heterocycles. The van der Waals surface area contributed by atoms with E-state index in [1.165, 1.54) is 11.8 Å². The first-order valence-corrected chi connectivity index (χ1v) is 7.91. The Kier molecular flexibility index (Phi) is 3.71. The Labute approximate surface area is 126 Å². The molecule has 1 fully saturated rings. The van der Waals surface area contributed by atoms with Crippen molar-refractivity contribution in [2.75, 3.05) is 5.75 Å². The number of hydrogen-bond donors (Lipinski definition) is 1. The van der Waals surface area contributed by atoms with Gasteiger partial charge in [-0.1, -0.05) is 18.7 Å². The summed E-state index contributed by atoms with van der Waals surface area (Å²) in [6.45, 7) is 2.05. The fourth-order valence-corrected chi connectivity index (χ4v) is 2.97. The fourth-order valence-electron chi connectivity index (χ4n) is 2.29. The molecule has 8 heteroatoms. The Balaban J connectivity index is 2.04. The summed E-state index contributed by atoms with van der Waals surface area (Å²) in [6.07, 6.45) is 4.98. The molecule has 1 N–H and O–H groups in total. The van der Waals surface area contributed by atoms with Crippen molar-refractivity contribution in [3.05, 3.63) is 17.7 Å². The molecular weight excluding hydrogens is 290 g/mol. The summed E-state index contributed by atoms with van der Waals surface area (Å²) >= 11 is 1.20. The number of aryl methyl sites for hydroxylation is 2. The van der Waals surface area contributed by atoms with Crippen LogP contribution in [-0.2, 0) is 18.3 Å². The Hall–Kier alpha value is -1.83. The first kappa shape index (κ1) is 14.1. The summed E-state index contributed by atoms with van der Waals surface area (Å²) in [5.41, 5.74) is 1.93. The van der Waals surface area contributed by atoms with Crippen LogP contribution in [0.5, 0.6) is 0 Å². The topological polar surface area (TPSA) is 85.8 Å². The van der Waals surface area contributed by atoms with Gasteiger partial charge in [0.15, 0.2) is 5.16 Å². The predicted molar refractivity (Wildman–Crippen MR) is 77.8 cm³/mol. The van der Waals surface area contributed by atoms with E-state index in [0.29, 0.717) is 11.1 Å². The molecule has 1 saturated carbocycles. The van der Waals surface area contributed by atoms with Crippen LogP contribution < -0.4 is 0 Å². The van der Waals surface area contributed by atoms with E-state index in [-0.39, 0.29) is 5.75 Å². The number of aliphatic carboxylic acids is 1. The number of hydrogen-bond acceptors (Lipinski definition) is 5. The highest BCUT2D eigenvalue weighted by molar-refractivity contribution is 7.99. The van der Waals surface area contributed by atoms with Crippen molar-refractivity contribution in [1.82, 2.24) is 24.5 Å². The van der Waals surface area contributed by atoms with Gasteiger partial charge in [-0.3, -0.25) is 14.0 Å². The van der Waals surface area contributed by atoms with Gasteiger partial charge in [-0.25, -0.2) is 0 Å². The molecule has 0 unspecified atom stereocenters. The minimum Gasteiger partial charge on any atom is -0.481 e. The number of carboxylic acid groups (broad SMARTS) is 1. The number of carboxylic acids is 1. The molecule has 0 aromatic carbocycles. The van der Waals surface area contributed by atoms with Gasteiger partial charge in [0.2, 0.25) is 0 Å². The molecule has 21 heavy (non-hydrogen) atoms. The SMILES string of the molecule is CCc1nn(C)cc1-n1c(SCC(=O)O)nnc1C1CC1. The smallest absolute Gasteiger partial charge is 0.313 e. The van der Waals surface area contributed by atoms with Crippen molar-refractivity contribution in [2.24, 2.45) is 7.05 Å². The minimum atomic E-state index is -0.857. The molecule has 1 aliphatic rings. The van der Waals surface area contributed by atoms with E-state index in [1.54, 1.807) is 4.68 Å². The number of nitrogens with zero attached hydrogens (tertiary/aromatic N) is 5. The molecule has 3 rings (SSSR count). The molecule has 112 valence electrons. The lowest BCUT2D eigenvalue weighted by molar-refractivity contribution is -0.133. The molecule has 7 nitrogen and oxygen atoms in total. The zero-order valence-electron chi connectivity index (χ0n) is 12.0. The van der Waals surface area contributed by atoms with Crippen molar-refractivity contribution in [1.29, 1.82) is 0 Å². The maximum Gasteiger partial charge on any atom is 0.313 e. The van der Waals surface area contributed by atoms with Gasteiger partial charge >= 0.3 is 5.97 Å². The Morgan fingerprint density at radius 3 is 2.86 bits per heavy atom. The maximum absolute atomic E-state index is 10.8. The van der Waals surface area contributed by atoms with Crippen LogP contribution in [0.1, 0.15) is 37.2 Å². The molecule has 1 aliphatic carbocycles. The van der Waals surface area contributed by atoms with Crippen LogP contribution in [0.15, 0.2) is 11.4 Å². The molecule has 0 bridgehead atoms. The average molecular weight is 307 g/mol. The van der Waals surface area contributed by atoms with E-state index >= 15 is 0 Å². The van der Waals surface area contributed by atoms with Crippen LogP contribution in [0.2, 0.25) is 0 Å². The zero-order chi connectivity index (χ0) is 15.0. The normalized spacial score (nSPS) is 14.6. The summed E-state index contributed by atoms with van der Waals surface area (Å²) in [4.78, 5) is 10.8. The maximum atomic E-state index is 10.8. The minimum absolute atomic E-state index is 0.0233. The molecule has 0 saturated heterocycles. The second kappa shape index (κ2) is 5.51. The van der Waals surface area contributed by atoms with Crippen LogP contribution in [0.3, 0.4) is 0 Å². The number of carbonyl (C=O) groups is 1. The lowest BCUT2D eigenvalue weighted by Crippen LogP contribution is -2.05. The summed E-state index contributed by atoms with van der Waals surface area (Å²) in [7, 11) is 1.88. The van der Waals surface area contributed by atoms with E-state index in [0.717, 1.165) is 36.5 Å². The third-order valence-electron chi connectivity index (χ3n) is 3.38. The van der Waals surface area contributed by atoms with Gasteiger partial charge in [-0.15, -0.1) is 10.2 Å². The highest BCUT2D eigenvalue weighted by Crippen LogP contribution is 2.41. The summed E-state index contributed by atoms with van der Waals surface area (Å²) in [5.74, 6) is 0.474. The van der Waals surface area contributed by atoms with Gasteiger partial charge in [-0.2, -0.15) is 5.10 Å². The Morgan fingerprint density at radius 2 is 2.24 bits per heavy atom. The summed E-state index contributed by atoms with van der Waals surface area (Å²) < 4.78 is 3.76. The van der Waals surface area contributed by atoms with Gasteiger partial charge in [0.05, 0.1) is 17.1 Å². The average Bonchev–Trinajstić information content (AvgIpc) is 3.09. The second-order valence-corrected chi connectivity index (χ2v) is 6.06. The van der Waals surface area contributed by atoms with Gasteiger partial charge in [0.1, 0.15) is 5.82 Å². The lowest BCUT2D eigenvalue weighted by Gasteiger charge is -2.08. The molecule has 0 spiro atoms. The summed E-state index contributed by atoms with van der Waals surface area (Å²) in [5, 5.41) is 22.4. The van der Waals surface area contributed by atoms with E-state index in [1.807, 2.05) is 17.8 Å². The van der Waals surface area contributed by atoms with Crippen molar-refractivity contribution < 1.29 is 9.90 Å². The highest BCUT2D eigenvalue weighted by Gasteiger charge is 2.32. The van der Waals surface area contributed by atoms with Gasteiger partial charge in [0.25, 0.3) is 0 Å². The predicted octanol–water partition coefficient (Wildman–Crippen LogP) is 1.62. The second-order valence-electron chi connectivity index (χ2n) is 5.12. The van der Waals surface area contributed by atoms with E-state index in [4.69, 9.17) is 5.11 Å². The van der Waals surface area contributed by atoms with E-state index in [9.17, 15) is 4.79 Å². The van der Waals surface area contributed by atoms with E-state index in [2.05, 4.69) is 22.2 Å². The number of rotatable bonds is 6. The zero-order valence-corrected chi connectivity index (χ0v) is 12.8. The molecule has 0 aliphatic heterocycles. The van der Waals surface area contributed by atoms with Crippen molar-refractivity contribution in [3.63, 3.8) is 0 Å². The highest BCUT2D eigenvalue weighted by atomic mass is 32.2. The van der Waals surface area contributed by atoms with Crippen LogP contribution in [-0.4, -0.2) is 41.4 Å². The Morgan fingerprint density at radius 1 is 1.48 bits per heavy atom. The van der Waals surface area contributed by atoms with Crippen LogP contribution >= 0.6 is 11.8 Å². The third-order valence-corrected chi connectivity index (χ3v) is 4.30. The van der Waals surface area contributed by atoms with Crippen molar-refractivity contribution in [2.45, 2.75) is 37.3 Å². The lowest BCUT2D eigenvalue weighted by atomic mass is 10.3. The number of aromatic nitrogens is 5. The van der Waals surface area contributed by atoms with Gasteiger partial charge in [0, 0.05) is 19.2 Å². The molecular formula is C13H17N5O2S. The molecule has 2 aromatic heterocycles. The molecule has 0 amide bonds. The summed E-state index contributed by atoms with van der Waals surface area (Å²) in [6, 6.07) is 0. The monoisotopic (exact) mass is 307 g/mol. The quantitative estimate of drug-likeness (QED) is 0.816. The molecule has 2 aromatic rings. The molecule has 0 radical (unpaired) electrons. The van der Waals surface area contributed by atoms with Crippen molar-refractivity contribution >= 4 is 17.7 Å². The first-order chi connectivity index (χ1) is 10.1.